The van der Waals surface area contributed by atoms with Crippen molar-refractivity contribution in [3.8, 4) is 0 Å². The molecule has 6 heteroatoms. The standard InChI is InChI=1S/C10H10ClNO3S/c11-16(14,15)9-5-3-8(4-6-9)12-10(13)7-1-2-7/h3-7H,1-2H2,(H,12,13). The van der Waals surface area contributed by atoms with Crippen molar-refractivity contribution >= 4 is 31.3 Å². The van der Waals surface area contributed by atoms with E-state index in [1.165, 1.54) is 24.3 Å². The molecule has 4 nitrogen and oxygen atoms in total. The van der Waals surface area contributed by atoms with Gasteiger partial charge < -0.3 is 5.32 Å². The number of carbonyl (C=O) groups excluding carboxylic acids is 1. The number of anilines is 1. The third-order valence-corrected chi connectivity index (χ3v) is 3.72. The summed E-state index contributed by atoms with van der Waals surface area (Å²) in [6.07, 6.45) is 1.86. The first-order valence-electron chi connectivity index (χ1n) is 4.82. The fourth-order valence-corrected chi connectivity index (χ4v) is 2.06. The average molecular weight is 260 g/mol. The Balaban J connectivity index is 2.10. The number of amides is 1. The van der Waals surface area contributed by atoms with E-state index in [0.717, 1.165) is 12.8 Å². The molecule has 0 radical (unpaired) electrons. The van der Waals surface area contributed by atoms with E-state index in [2.05, 4.69) is 5.32 Å². The van der Waals surface area contributed by atoms with Crippen LogP contribution in [0.4, 0.5) is 5.69 Å². The van der Waals surface area contributed by atoms with E-state index in [9.17, 15) is 13.2 Å². The molecule has 1 aromatic rings. The molecule has 1 saturated carbocycles. The first kappa shape index (κ1) is 11.4. The van der Waals surface area contributed by atoms with Gasteiger partial charge in [0, 0.05) is 22.3 Å². The van der Waals surface area contributed by atoms with Crippen LogP contribution in [0.1, 0.15) is 12.8 Å². The summed E-state index contributed by atoms with van der Waals surface area (Å²) in [6.45, 7) is 0. The Morgan fingerprint density at radius 3 is 2.25 bits per heavy atom. The van der Waals surface area contributed by atoms with E-state index in [4.69, 9.17) is 10.7 Å². The third-order valence-electron chi connectivity index (χ3n) is 2.35. The second-order valence-electron chi connectivity index (χ2n) is 3.73. The molecule has 1 aliphatic rings. The van der Waals surface area contributed by atoms with Crippen LogP contribution in [-0.2, 0) is 13.8 Å². The van der Waals surface area contributed by atoms with Gasteiger partial charge in [0.1, 0.15) is 0 Å². The highest BCUT2D eigenvalue weighted by atomic mass is 35.7. The van der Waals surface area contributed by atoms with Gasteiger partial charge in [-0.05, 0) is 37.1 Å². The van der Waals surface area contributed by atoms with Gasteiger partial charge in [-0.2, -0.15) is 0 Å². The second-order valence-corrected chi connectivity index (χ2v) is 6.29. The normalized spacial score (nSPS) is 15.8. The Morgan fingerprint density at radius 2 is 1.81 bits per heavy atom. The lowest BCUT2D eigenvalue weighted by atomic mass is 10.3. The molecule has 0 aromatic heterocycles. The summed E-state index contributed by atoms with van der Waals surface area (Å²) in [5.74, 6) is 0.109. The number of hydrogen-bond donors (Lipinski definition) is 1. The molecule has 86 valence electrons. The fourth-order valence-electron chi connectivity index (χ4n) is 1.29. The van der Waals surface area contributed by atoms with Crippen LogP contribution in [0.3, 0.4) is 0 Å². The Hall–Kier alpha value is -1.07. The minimum Gasteiger partial charge on any atom is -0.326 e. The zero-order valence-electron chi connectivity index (χ0n) is 8.31. The molecule has 1 aliphatic carbocycles. The van der Waals surface area contributed by atoms with Crippen molar-refractivity contribution in [1.29, 1.82) is 0 Å². The van der Waals surface area contributed by atoms with E-state index in [1.807, 2.05) is 0 Å². The summed E-state index contributed by atoms with van der Waals surface area (Å²) in [4.78, 5) is 11.4. The topological polar surface area (TPSA) is 63.2 Å². The lowest BCUT2D eigenvalue weighted by Crippen LogP contribution is -2.13. The summed E-state index contributed by atoms with van der Waals surface area (Å²) >= 11 is 0. The van der Waals surface area contributed by atoms with Crippen molar-refractivity contribution in [3.63, 3.8) is 0 Å². The quantitative estimate of drug-likeness (QED) is 0.844. The van der Waals surface area contributed by atoms with Crippen LogP contribution in [0.25, 0.3) is 0 Å². The summed E-state index contributed by atoms with van der Waals surface area (Å²) in [6, 6.07) is 5.78. The maximum absolute atomic E-state index is 11.4. The molecule has 0 heterocycles. The van der Waals surface area contributed by atoms with Crippen LogP contribution >= 0.6 is 10.7 Å². The Kier molecular flexibility index (Phi) is 2.90. The maximum atomic E-state index is 11.4. The smallest absolute Gasteiger partial charge is 0.261 e. The van der Waals surface area contributed by atoms with E-state index in [1.54, 1.807) is 0 Å². The van der Waals surface area contributed by atoms with Crippen molar-refractivity contribution in [2.24, 2.45) is 5.92 Å². The number of carbonyl (C=O) groups is 1. The molecule has 1 N–H and O–H groups in total. The lowest BCUT2D eigenvalue weighted by Gasteiger charge is -2.04. The van der Waals surface area contributed by atoms with Gasteiger partial charge in [-0.15, -0.1) is 0 Å². The van der Waals surface area contributed by atoms with Crippen LogP contribution in [-0.4, -0.2) is 14.3 Å². The minimum absolute atomic E-state index is 0.0125. The highest BCUT2D eigenvalue weighted by Crippen LogP contribution is 2.30. The van der Waals surface area contributed by atoms with Gasteiger partial charge in [-0.25, -0.2) is 8.42 Å². The van der Waals surface area contributed by atoms with Gasteiger partial charge in [-0.1, -0.05) is 0 Å². The van der Waals surface area contributed by atoms with E-state index < -0.39 is 9.05 Å². The Bertz CT molecular complexity index is 505. The number of hydrogen-bond acceptors (Lipinski definition) is 3. The average Bonchev–Trinajstić information content (AvgIpc) is 3.00. The molecular formula is C10H10ClNO3S. The molecule has 2 rings (SSSR count). The molecule has 0 atom stereocenters. The number of nitrogens with one attached hydrogen (secondary N) is 1. The van der Waals surface area contributed by atoms with Gasteiger partial charge in [0.2, 0.25) is 5.91 Å². The van der Waals surface area contributed by atoms with Crippen LogP contribution in [0, 0.1) is 5.92 Å². The largest absolute Gasteiger partial charge is 0.326 e. The lowest BCUT2D eigenvalue weighted by molar-refractivity contribution is -0.117. The van der Waals surface area contributed by atoms with Crippen molar-refractivity contribution in [1.82, 2.24) is 0 Å². The van der Waals surface area contributed by atoms with Gasteiger partial charge in [-0.3, -0.25) is 4.79 Å². The van der Waals surface area contributed by atoms with Crippen LogP contribution in [0.5, 0.6) is 0 Å². The van der Waals surface area contributed by atoms with E-state index >= 15 is 0 Å². The second kappa shape index (κ2) is 4.07. The SMILES string of the molecule is O=C(Nc1ccc(S(=O)(=O)Cl)cc1)C1CC1. The van der Waals surface area contributed by atoms with Gasteiger partial charge in [0.25, 0.3) is 9.05 Å². The molecule has 0 spiro atoms. The first-order valence-corrected chi connectivity index (χ1v) is 7.13. The van der Waals surface area contributed by atoms with Gasteiger partial charge in [0.05, 0.1) is 4.90 Å². The highest BCUT2D eigenvalue weighted by molar-refractivity contribution is 8.13. The van der Waals surface area contributed by atoms with Crippen LogP contribution in [0.15, 0.2) is 29.2 Å². The molecule has 16 heavy (non-hydrogen) atoms. The van der Waals surface area contributed by atoms with Crippen LogP contribution in [0.2, 0.25) is 0 Å². The molecule has 0 saturated heterocycles. The van der Waals surface area contributed by atoms with Crippen molar-refractivity contribution in [2.75, 3.05) is 5.32 Å². The molecule has 1 amide bonds. The number of halogens is 1. The summed E-state index contributed by atoms with van der Waals surface area (Å²) in [5, 5.41) is 2.71. The fraction of sp³-hybridized carbons (Fsp3) is 0.300. The monoisotopic (exact) mass is 259 g/mol. The van der Waals surface area contributed by atoms with Crippen molar-refractivity contribution < 1.29 is 13.2 Å². The molecule has 1 fully saturated rings. The highest BCUT2D eigenvalue weighted by Gasteiger charge is 2.29. The molecule has 0 aliphatic heterocycles. The zero-order chi connectivity index (χ0) is 11.8. The molecule has 0 bridgehead atoms. The van der Waals surface area contributed by atoms with Crippen molar-refractivity contribution in [3.05, 3.63) is 24.3 Å². The zero-order valence-corrected chi connectivity index (χ0v) is 9.88. The molecule has 1 aromatic carbocycles. The first-order chi connectivity index (χ1) is 7.47. The van der Waals surface area contributed by atoms with Gasteiger partial charge >= 0.3 is 0 Å². The molecule has 0 unspecified atom stereocenters. The number of rotatable bonds is 3. The van der Waals surface area contributed by atoms with Crippen molar-refractivity contribution in [2.45, 2.75) is 17.7 Å². The summed E-state index contributed by atoms with van der Waals surface area (Å²) < 4.78 is 21.9. The van der Waals surface area contributed by atoms with Gasteiger partial charge in [0.15, 0.2) is 0 Å². The maximum Gasteiger partial charge on any atom is 0.261 e. The summed E-state index contributed by atoms with van der Waals surface area (Å²) in [5.41, 5.74) is 0.584. The molecular weight excluding hydrogens is 250 g/mol. The summed E-state index contributed by atoms with van der Waals surface area (Å²) in [7, 11) is 1.47. The minimum atomic E-state index is -3.69. The third kappa shape index (κ3) is 2.74. The van der Waals surface area contributed by atoms with E-state index in [-0.39, 0.29) is 16.7 Å². The van der Waals surface area contributed by atoms with Crippen LogP contribution < -0.4 is 5.32 Å². The number of benzene rings is 1. The Morgan fingerprint density at radius 1 is 1.25 bits per heavy atom. The Labute approximate surface area is 98.0 Å². The van der Waals surface area contributed by atoms with E-state index in [0.29, 0.717) is 5.69 Å². The predicted octanol–water partition coefficient (Wildman–Crippen LogP) is 1.96. The predicted molar refractivity (Wildman–Crippen MR) is 60.8 cm³/mol.